The minimum absolute atomic E-state index is 0.260. The molecule has 1 atom stereocenters. The Morgan fingerprint density at radius 3 is 2.44 bits per heavy atom. The molecule has 0 radical (unpaired) electrons. The molecule has 0 aliphatic carbocycles. The van der Waals surface area contributed by atoms with Crippen molar-refractivity contribution in [2.45, 2.75) is 5.38 Å². The maximum Gasteiger partial charge on any atom is 0.331 e. The fraction of sp³-hybridized carbons (Fsp3) is 0.273. The molecule has 16 heavy (non-hydrogen) atoms. The number of ketones is 1. The molecule has 1 aromatic rings. The molecule has 0 bridgehead atoms. The molecule has 0 saturated carbocycles. The van der Waals surface area contributed by atoms with Gasteiger partial charge in [0, 0.05) is 0 Å². The highest BCUT2D eigenvalue weighted by Crippen LogP contribution is 2.21. The molecule has 0 amide bonds. The normalized spacial score (nSPS) is 11.7. The molecule has 0 fully saturated rings. The third-order valence-electron chi connectivity index (χ3n) is 2.01. The lowest BCUT2D eigenvalue weighted by Crippen LogP contribution is -2.26. The maximum atomic E-state index is 11.8. The number of halogens is 1. The van der Waals surface area contributed by atoms with Crippen molar-refractivity contribution in [3.8, 4) is 5.75 Å². The summed E-state index contributed by atoms with van der Waals surface area (Å²) in [5.41, 5.74) is 0.260. The Balaban J connectivity index is 3.00. The van der Waals surface area contributed by atoms with Gasteiger partial charge in [-0.3, -0.25) is 4.79 Å². The van der Waals surface area contributed by atoms with Crippen LogP contribution < -0.4 is 4.74 Å². The van der Waals surface area contributed by atoms with E-state index in [0.717, 1.165) is 0 Å². The van der Waals surface area contributed by atoms with Gasteiger partial charge >= 0.3 is 5.97 Å². The Morgan fingerprint density at radius 2 is 1.88 bits per heavy atom. The molecular weight excluding hydrogens is 232 g/mol. The highest BCUT2D eigenvalue weighted by Gasteiger charge is 2.27. The molecule has 0 aromatic heterocycles. The smallest absolute Gasteiger partial charge is 0.331 e. The Kier molecular flexibility index (Phi) is 4.31. The van der Waals surface area contributed by atoms with Gasteiger partial charge in [0.05, 0.1) is 19.8 Å². The summed E-state index contributed by atoms with van der Waals surface area (Å²) in [4.78, 5) is 22.9. The van der Waals surface area contributed by atoms with Crippen LogP contribution in [0.25, 0.3) is 0 Å². The van der Waals surface area contributed by atoms with Crippen molar-refractivity contribution in [2.24, 2.45) is 0 Å². The average molecular weight is 243 g/mol. The van der Waals surface area contributed by atoms with Crippen LogP contribution in [0.1, 0.15) is 10.4 Å². The van der Waals surface area contributed by atoms with Crippen molar-refractivity contribution in [1.82, 2.24) is 0 Å². The Bertz CT molecular complexity index is 403. The second-order valence-corrected chi connectivity index (χ2v) is 3.39. The van der Waals surface area contributed by atoms with Gasteiger partial charge in [0.15, 0.2) is 11.2 Å². The molecule has 0 aliphatic rings. The zero-order valence-corrected chi connectivity index (χ0v) is 9.65. The van der Waals surface area contributed by atoms with Gasteiger partial charge in [-0.05, 0) is 12.1 Å². The zero-order chi connectivity index (χ0) is 12.1. The van der Waals surface area contributed by atoms with E-state index >= 15 is 0 Å². The molecule has 0 N–H and O–H groups in total. The van der Waals surface area contributed by atoms with Gasteiger partial charge in [-0.2, -0.15) is 0 Å². The average Bonchev–Trinajstić information content (AvgIpc) is 2.35. The topological polar surface area (TPSA) is 52.6 Å². The minimum Gasteiger partial charge on any atom is -0.496 e. The SMILES string of the molecule is COC(=O)C(Cl)C(=O)c1ccccc1OC. The van der Waals surface area contributed by atoms with Crippen molar-refractivity contribution in [1.29, 1.82) is 0 Å². The number of carbonyl (C=O) groups is 2. The van der Waals surface area contributed by atoms with Crippen molar-refractivity contribution >= 4 is 23.4 Å². The van der Waals surface area contributed by atoms with Crippen LogP contribution in [-0.2, 0) is 9.53 Å². The predicted molar refractivity (Wildman–Crippen MR) is 59.0 cm³/mol. The molecule has 4 nitrogen and oxygen atoms in total. The Hall–Kier alpha value is -1.55. The van der Waals surface area contributed by atoms with E-state index in [1.807, 2.05) is 0 Å². The van der Waals surface area contributed by atoms with Crippen LogP contribution in [0.3, 0.4) is 0 Å². The van der Waals surface area contributed by atoms with Crippen LogP contribution >= 0.6 is 11.6 Å². The van der Waals surface area contributed by atoms with Crippen LogP contribution in [0, 0.1) is 0 Å². The lowest BCUT2D eigenvalue weighted by Gasteiger charge is -2.09. The highest BCUT2D eigenvalue weighted by atomic mass is 35.5. The summed E-state index contributed by atoms with van der Waals surface area (Å²) in [6, 6.07) is 6.54. The van der Waals surface area contributed by atoms with Crippen LogP contribution in [0.4, 0.5) is 0 Å². The first-order valence-corrected chi connectivity index (χ1v) is 4.94. The van der Waals surface area contributed by atoms with Crippen molar-refractivity contribution in [2.75, 3.05) is 14.2 Å². The summed E-state index contributed by atoms with van der Waals surface area (Å²) in [6.07, 6.45) is 0. The van der Waals surface area contributed by atoms with Crippen LogP contribution in [0.5, 0.6) is 5.75 Å². The number of carbonyl (C=O) groups excluding carboxylic acids is 2. The highest BCUT2D eigenvalue weighted by molar-refractivity contribution is 6.43. The standard InChI is InChI=1S/C11H11ClO4/c1-15-8-6-4-3-5-7(8)10(13)9(12)11(14)16-2/h3-6,9H,1-2H3. The lowest BCUT2D eigenvalue weighted by molar-refractivity contribution is -0.139. The number of para-hydroxylation sites is 1. The molecule has 0 saturated heterocycles. The molecule has 1 rings (SSSR count). The Morgan fingerprint density at radius 1 is 1.25 bits per heavy atom. The van der Waals surface area contributed by atoms with Crippen molar-refractivity contribution in [3.05, 3.63) is 29.8 Å². The number of rotatable bonds is 4. The number of hydrogen-bond donors (Lipinski definition) is 0. The first-order chi connectivity index (χ1) is 7.61. The van der Waals surface area contributed by atoms with E-state index in [1.54, 1.807) is 24.3 Å². The number of benzene rings is 1. The first-order valence-electron chi connectivity index (χ1n) is 4.51. The van der Waals surface area contributed by atoms with Crippen LogP contribution in [0.15, 0.2) is 24.3 Å². The van der Waals surface area contributed by atoms with Gasteiger partial charge in [0.25, 0.3) is 0 Å². The number of hydrogen-bond acceptors (Lipinski definition) is 4. The number of alkyl halides is 1. The summed E-state index contributed by atoms with van der Waals surface area (Å²) in [7, 11) is 2.61. The minimum atomic E-state index is -1.35. The van der Waals surface area contributed by atoms with Gasteiger partial charge < -0.3 is 9.47 Å². The second kappa shape index (κ2) is 5.51. The van der Waals surface area contributed by atoms with Gasteiger partial charge in [-0.1, -0.05) is 12.1 Å². The molecule has 86 valence electrons. The maximum absolute atomic E-state index is 11.8. The third-order valence-corrected chi connectivity index (χ3v) is 2.39. The molecular formula is C11H11ClO4. The largest absolute Gasteiger partial charge is 0.496 e. The quantitative estimate of drug-likeness (QED) is 0.349. The fourth-order valence-corrected chi connectivity index (χ4v) is 1.40. The van der Waals surface area contributed by atoms with Crippen LogP contribution in [0.2, 0.25) is 0 Å². The van der Waals surface area contributed by atoms with Crippen molar-refractivity contribution < 1.29 is 19.1 Å². The third kappa shape index (κ3) is 2.52. The van der Waals surface area contributed by atoms with Gasteiger partial charge in [0.2, 0.25) is 0 Å². The fourth-order valence-electron chi connectivity index (χ4n) is 1.20. The lowest BCUT2D eigenvalue weighted by atomic mass is 10.1. The zero-order valence-electron chi connectivity index (χ0n) is 8.90. The summed E-state index contributed by atoms with van der Waals surface area (Å²) >= 11 is 5.67. The predicted octanol–water partition coefficient (Wildman–Crippen LogP) is 1.66. The van der Waals surface area contributed by atoms with E-state index in [-0.39, 0.29) is 5.56 Å². The van der Waals surface area contributed by atoms with Gasteiger partial charge in [-0.15, -0.1) is 11.6 Å². The summed E-state index contributed by atoms with van der Waals surface area (Å²) in [6.45, 7) is 0. The number of esters is 1. The van der Waals surface area contributed by atoms with E-state index < -0.39 is 17.1 Å². The van der Waals surface area contributed by atoms with E-state index in [0.29, 0.717) is 5.75 Å². The Labute approximate surface area is 98.1 Å². The summed E-state index contributed by atoms with van der Waals surface area (Å²) in [5, 5.41) is -1.35. The summed E-state index contributed by atoms with van der Waals surface area (Å²) < 4.78 is 9.39. The van der Waals surface area contributed by atoms with E-state index in [4.69, 9.17) is 16.3 Å². The first kappa shape index (κ1) is 12.5. The van der Waals surface area contributed by atoms with E-state index in [1.165, 1.54) is 14.2 Å². The van der Waals surface area contributed by atoms with E-state index in [9.17, 15) is 9.59 Å². The molecule has 1 aromatic carbocycles. The number of Topliss-reactive ketones (excluding diaryl/α,β-unsaturated/α-hetero) is 1. The van der Waals surface area contributed by atoms with E-state index in [2.05, 4.69) is 4.74 Å². The number of methoxy groups -OCH3 is 2. The molecule has 1 unspecified atom stereocenters. The van der Waals surface area contributed by atoms with Gasteiger partial charge in [-0.25, -0.2) is 4.79 Å². The van der Waals surface area contributed by atoms with Crippen molar-refractivity contribution in [3.63, 3.8) is 0 Å². The molecule has 0 heterocycles. The van der Waals surface area contributed by atoms with Gasteiger partial charge in [0.1, 0.15) is 5.75 Å². The molecule has 5 heteroatoms. The monoisotopic (exact) mass is 242 g/mol. The summed E-state index contributed by atoms with van der Waals surface area (Å²) in [5.74, 6) is -0.939. The molecule has 0 spiro atoms. The number of ether oxygens (including phenoxy) is 2. The van der Waals surface area contributed by atoms with Crippen LogP contribution in [-0.4, -0.2) is 31.3 Å². The second-order valence-electron chi connectivity index (χ2n) is 2.95. The molecule has 0 aliphatic heterocycles.